The number of pyridine rings is 1. The molecular formula is C16H16N4O2. The number of carbonyl (C=O) groups excluding carboxylic acids is 1. The molecule has 2 N–H and O–H groups in total. The van der Waals surface area contributed by atoms with Crippen molar-refractivity contribution in [3.05, 3.63) is 53.6 Å². The fraction of sp³-hybridized carbons (Fsp3) is 0.188. The molecule has 0 aromatic carbocycles. The number of hydrogen-bond acceptors (Lipinski definition) is 5. The number of hydrogen-bond donors (Lipinski definition) is 2. The average molecular weight is 296 g/mol. The van der Waals surface area contributed by atoms with Crippen molar-refractivity contribution < 1.29 is 9.21 Å². The van der Waals surface area contributed by atoms with Crippen molar-refractivity contribution in [1.82, 2.24) is 10.3 Å². The topological polar surface area (TPSA) is 91.0 Å². The van der Waals surface area contributed by atoms with Gasteiger partial charge in [-0.2, -0.15) is 5.26 Å². The van der Waals surface area contributed by atoms with Crippen LogP contribution in [0.15, 0.2) is 41.0 Å². The maximum Gasteiger partial charge on any atom is 0.244 e. The van der Waals surface area contributed by atoms with Crippen LogP contribution in [0.25, 0.3) is 6.08 Å². The van der Waals surface area contributed by atoms with Crippen molar-refractivity contribution in [2.75, 3.05) is 18.4 Å². The van der Waals surface area contributed by atoms with Crippen molar-refractivity contribution >= 4 is 17.8 Å². The van der Waals surface area contributed by atoms with Crippen LogP contribution in [-0.4, -0.2) is 24.0 Å². The monoisotopic (exact) mass is 296 g/mol. The third-order valence-corrected chi connectivity index (χ3v) is 2.80. The minimum Gasteiger partial charge on any atom is -0.462 e. The highest BCUT2D eigenvalue weighted by Crippen LogP contribution is 2.09. The minimum absolute atomic E-state index is 0.211. The molecule has 0 fully saturated rings. The van der Waals surface area contributed by atoms with Crippen LogP contribution >= 0.6 is 0 Å². The van der Waals surface area contributed by atoms with Gasteiger partial charge in [-0.25, -0.2) is 4.98 Å². The van der Waals surface area contributed by atoms with E-state index in [0.29, 0.717) is 30.2 Å². The van der Waals surface area contributed by atoms with Gasteiger partial charge in [0.25, 0.3) is 0 Å². The van der Waals surface area contributed by atoms with Gasteiger partial charge in [0, 0.05) is 25.4 Å². The maximum atomic E-state index is 11.6. The summed E-state index contributed by atoms with van der Waals surface area (Å²) in [7, 11) is 0. The Bertz CT molecular complexity index is 713. The quantitative estimate of drug-likeness (QED) is 0.629. The number of carbonyl (C=O) groups is 1. The van der Waals surface area contributed by atoms with Gasteiger partial charge in [0.2, 0.25) is 5.91 Å². The zero-order valence-electron chi connectivity index (χ0n) is 12.2. The van der Waals surface area contributed by atoms with Gasteiger partial charge in [-0.3, -0.25) is 4.79 Å². The number of amides is 1. The van der Waals surface area contributed by atoms with E-state index in [2.05, 4.69) is 21.7 Å². The summed E-state index contributed by atoms with van der Waals surface area (Å²) >= 11 is 0. The van der Waals surface area contributed by atoms with Crippen LogP contribution in [0.2, 0.25) is 0 Å². The molecule has 0 unspecified atom stereocenters. The summed E-state index contributed by atoms with van der Waals surface area (Å²) in [5.74, 6) is 1.74. The Morgan fingerprint density at radius 3 is 3.00 bits per heavy atom. The lowest BCUT2D eigenvalue weighted by Gasteiger charge is -2.06. The Morgan fingerprint density at radius 2 is 2.27 bits per heavy atom. The third-order valence-electron chi connectivity index (χ3n) is 2.80. The molecule has 1 amide bonds. The van der Waals surface area contributed by atoms with Crippen LogP contribution in [0.3, 0.4) is 0 Å². The molecule has 2 aromatic heterocycles. The van der Waals surface area contributed by atoms with E-state index in [1.807, 2.05) is 13.0 Å². The summed E-state index contributed by atoms with van der Waals surface area (Å²) < 4.78 is 5.32. The average Bonchev–Trinajstić information content (AvgIpc) is 2.95. The summed E-state index contributed by atoms with van der Waals surface area (Å²) in [5.41, 5.74) is 0.474. The van der Waals surface area contributed by atoms with E-state index in [1.54, 1.807) is 30.5 Å². The fourth-order valence-corrected chi connectivity index (χ4v) is 1.76. The molecule has 0 saturated carbocycles. The number of nitriles is 1. The van der Waals surface area contributed by atoms with Crippen molar-refractivity contribution in [2.24, 2.45) is 0 Å². The van der Waals surface area contributed by atoms with Crippen molar-refractivity contribution in [2.45, 2.75) is 6.92 Å². The van der Waals surface area contributed by atoms with Crippen LogP contribution in [0, 0.1) is 18.3 Å². The molecule has 0 radical (unpaired) electrons. The first kappa shape index (κ1) is 15.3. The van der Waals surface area contributed by atoms with Crippen LogP contribution in [0.4, 0.5) is 5.82 Å². The second-order valence-corrected chi connectivity index (χ2v) is 4.51. The highest BCUT2D eigenvalue weighted by atomic mass is 16.3. The highest BCUT2D eigenvalue weighted by Gasteiger charge is 2.01. The number of rotatable bonds is 6. The van der Waals surface area contributed by atoms with Gasteiger partial charge in [-0.1, -0.05) is 0 Å². The Balaban J connectivity index is 1.73. The molecule has 0 atom stereocenters. The van der Waals surface area contributed by atoms with Crippen LogP contribution in [-0.2, 0) is 4.79 Å². The Kier molecular flexibility index (Phi) is 5.32. The molecule has 112 valence electrons. The van der Waals surface area contributed by atoms with Crippen LogP contribution in [0.1, 0.15) is 17.1 Å². The SMILES string of the molecule is Cc1ccc(/C=C\C(=O)NCCNc2ncccc2C#N)o1. The summed E-state index contributed by atoms with van der Waals surface area (Å²) in [4.78, 5) is 15.7. The standard InChI is InChI=1S/C16H16N4O2/c1-12-4-5-14(22-12)6-7-15(21)18-9-10-20-16-13(11-17)3-2-8-19-16/h2-8H,9-10H2,1H3,(H,18,21)(H,19,20)/b7-6-. The first-order valence-electron chi connectivity index (χ1n) is 6.80. The van der Waals surface area contributed by atoms with E-state index in [-0.39, 0.29) is 5.91 Å². The van der Waals surface area contributed by atoms with E-state index >= 15 is 0 Å². The molecule has 6 heteroatoms. The van der Waals surface area contributed by atoms with E-state index in [9.17, 15) is 4.79 Å². The fourth-order valence-electron chi connectivity index (χ4n) is 1.76. The second-order valence-electron chi connectivity index (χ2n) is 4.51. The van der Waals surface area contributed by atoms with Gasteiger partial charge >= 0.3 is 0 Å². The highest BCUT2D eigenvalue weighted by molar-refractivity contribution is 5.91. The molecule has 0 spiro atoms. The molecule has 22 heavy (non-hydrogen) atoms. The first-order chi connectivity index (χ1) is 10.7. The van der Waals surface area contributed by atoms with Crippen LogP contribution < -0.4 is 10.6 Å². The molecule has 0 aliphatic heterocycles. The molecule has 2 aromatic rings. The summed E-state index contributed by atoms with van der Waals surface area (Å²) in [6.45, 7) is 2.74. The number of anilines is 1. The van der Waals surface area contributed by atoms with Crippen molar-refractivity contribution in [1.29, 1.82) is 5.26 Å². The molecule has 2 rings (SSSR count). The van der Waals surface area contributed by atoms with Gasteiger partial charge in [-0.05, 0) is 37.3 Å². The van der Waals surface area contributed by atoms with Gasteiger partial charge in [0.05, 0.1) is 5.56 Å². The largest absolute Gasteiger partial charge is 0.462 e. The number of furan rings is 1. The van der Waals surface area contributed by atoms with Gasteiger partial charge in [-0.15, -0.1) is 0 Å². The van der Waals surface area contributed by atoms with Crippen molar-refractivity contribution in [3.63, 3.8) is 0 Å². The minimum atomic E-state index is -0.211. The van der Waals surface area contributed by atoms with Gasteiger partial charge in [0.1, 0.15) is 23.4 Å². The lowest BCUT2D eigenvalue weighted by molar-refractivity contribution is -0.116. The molecule has 0 aliphatic carbocycles. The number of nitrogens with zero attached hydrogens (tertiary/aromatic N) is 2. The Labute approximate surface area is 128 Å². The predicted octanol–water partition coefficient (Wildman–Crippen LogP) is 2.10. The number of aromatic nitrogens is 1. The maximum absolute atomic E-state index is 11.6. The van der Waals surface area contributed by atoms with Crippen molar-refractivity contribution in [3.8, 4) is 6.07 Å². The molecule has 0 saturated heterocycles. The third kappa shape index (κ3) is 4.49. The number of aryl methyl sites for hydroxylation is 1. The molecular weight excluding hydrogens is 280 g/mol. The lowest BCUT2D eigenvalue weighted by atomic mass is 10.3. The van der Waals surface area contributed by atoms with Crippen LogP contribution in [0.5, 0.6) is 0 Å². The predicted molar refractivity (Wildman–Crippen MR) is 82.9 cm³/mol. The van der Waals surface area contributed by atoms with E-state index < -0.39 is 0 Å². The first-order valence-corrected chi connectivity index (χ1v) is 6.80. The zero-order valence-corrected chi connectivity index (χ0v) is 12.2. The molecule has 0 bridgehead atoms. The summed E-state index contributed by atoms with van der Waals surface area (Å²) in [6, 6.07) is 9.07. The second kappa shape index (κ2) is 7.64. The molecule has 6 nitrogen and oxygen atoms in total. The Hall–Kier alpha value is -3.07. The summed E-state index contributed by atoms with van der Waals surface area (Å²) in [5, 5.41) is 14.7. The van der Waals surface area contributed by atoms with Gasteiger partial charge in [0.15, 0.2) is 0 Å². The van der Waals surface area contributed by atoms with Gasteiger partial charge < -0.3 is 15.1 Å². The Morgan fingerprint density at radius 1 is 1.41 bits per heavy atom. The number of nitrogens with one attached hydrogen (secondary N) is 2. The normalized spacial score (nSPS) is 10.4. The smallest absolute Gasteiger partial charge is 0.244 e. The molecule has 2 heterocycles. The zero-order chi connectivity index (χ0) is 15.8. The van der Waals surface area contributed by atoms with E-state index in [0.717, 1.165) is 5.76 Å². The lowest BCUT2D eigenvalue weighted by Crippen LogP contribution is -2.27. The summed E-state index contributed by atoms with van der Waals surface area (Å²) in [6.07, 6.45) is 4.64. The molecule has 0 aliphatic rings. The van der Waals surface area contributed by atoms with E-state index in [4.69, 9.17) is 9.68 Å². The van der Waals surface area contributed by atoms with E-state index in [1.165, 1.54) is 6.08 Å².